The lowest BCUT2D eigenvalue weighted by atomic mass is 10.3. The molecule has 0 fully saturated rings. The molecule has 0 aliphatic carbocycles. The molecule has 17 heavy (non-hydrogen) atoms. The number of benzene rings is 1. The van der Waals surface area contributed by atoms with Gasteiger partial charge in [0.05, 0.1) is 6.10 Å². The molecule has 1 aromatic carbocycles. The fraction of sp³-hybridized carbons (Fsp3) is 0.417. The molecule has 0 aliphatic rings. The van der Waals surface area contributed by atoms with Gasteiger partial charge in [-0.3, -0.25) is 0 Å². The summed E-state index contributed by atoms with van der Waals surface area (Å²) in [4.78, 5) is 4.30. The fourth-order valence-corrected chi connectivity index (χ4v) is 1.59. The highest BCUT2D eigenvalue weighted by Gasteiger charge is 2.07. The summed E-state index contributed by atoms with van der Waals surface area (Å²) in [7, 11) is 0. The zero-order valence-corrected chi connectivity index (χ0v) is 10.1. The number of hydrogen-bond donors (Lipinski definition) is 2. The lowest BCUT2D eigenvalue weighted by Crippen LogP contribution is -2.19. The largest absolute Gasteiger partial charge is 0.423 e. The Balaban J connectivity index is 2.04. The number of nitrogens with two attached hydrogens (primary N) is 1. The van der Waals surface area contributed by atoms with Crippen LogP contribution in [0.4, 0.5) is 11.7 Å². The van der Waals surface area contributed by atoms with Gasteiger partial charge in [-0.05, 0) is 26.0 Å². The highest BCUT2D eigenvalue weighted by molar-refractivity contribution is 5.78. The van der Waals surface area contributed by atoms with E-state index in [1.165, 1.54) is 0 Å². The van der Waals surface area contributed by atoms with Crippen LogP contribution in [0.25, 0.3) is 11.1 Å². The summed E-state index contributed by atoms with van der Waals surface area (Å²) in [5, 5.41) is 3.09. The predicted octanol–water partition coefficient (Wildman–Crippen LogP) is 2.25. The second-order valence-electron chi connectivity index (χ2n) is 3.89. The summed E-state index contributed by atoms with van der Waals surface area (Å²) in [6, 6.07) is 5.90. The number of nitrogens with one attached hydrogen (secondary N) is 1. The van der Waals surface area contributed by atoms with E-state index in [9.17, 15) is 0 Å². The van der Waals surface area contributed by atoms with E-state index in [4.69, 9.17) is 14.9 Å². The molecule has 3 N–H and O–H groups in total. The molecular weight excluding hydrogens is 218 g/mol. The van der Waals surface area contributed by atoms with Crippen LogP contribution in [0.1, 0.15) is 13.8 Å². The molecule has 0 bridgehead atoms. The smallest absolute Gasteiger partial charge is 0.295 e. The van der Waals surface area contributed by atoms with Crippen molar-refractivity contribution >= 4 is 22.8 Å². The predicted molar refractivity (Wildman–Crippen MR) is 68.0 cm³/mol. The molecule has 2 aromatic rings. The summed E-state index contributed by atoms with van der Waals surface area (Å²) in [5.74, 6) is 0. The normalized spacial score (nSPS) is 12.8. The molecule has 92 valence electrons. The fourth-order valence-electron chi connectivity index (χ4n) is 1.59. The highest BCUT2D eigenvalue weighted by atomic mass is 16.5. The second kappa shape index (κ2) is 5.05. The molecule has 0 spiro atoms. The number of ether oxygens (including phenoxy) is 1. The van der Waals surface area contributed by atoms with Crippen LogP contribution in [0.15, 0.2) is 22.6 Å². The number of aromatic nitrogens is 1. The topological polar surface area (TPSA) is 73.3 Å². The molecule has 1 heterocycles. The first-order valence-electron chi connectivity index (χ1n) is 5.70. The van der Waals surface area contributed by atoms with Crippen molar-refractivity contribution in [3.8, 4) is 0 Å². The van der Waals surface area contributed by atoms with Crippen LogP contribution in [-0.2, 0) is 4.74 Å². The molecular formula is C12H17N3O2. The van der Waals surface area contributed by atoms with Gasteiger partial charge in [-0.1, -0.05) is 0 Å². The summed E-state index contributed by atoms with van der Waals surface area (Å²) >= 11 is 0. The average Bonchev–Trinajstić information content (AvgIpc) is 2.68. The summed E-state index contributed by atoms with van der Waals surface area (Å²) < 4.78 is 10.9. The lowest BCUT2D eigenvalue weighted by Gasteiger charge is -2.10. The first-order valence-corrected chi connectivity index (χ1v) is 5.70. The van der Waals surface area contributed by atoms with Gasteiger partial charge in [0, 0.05) is 24.9 Å². The summed E-state index contributed by atoms with van der Waals surface area (Å²) in [6.45, 7) is 5.33. The van der Waals surface area contributed by atoms with Gasteiger partial charge in [0.1, 0.15) is 5.52 Å². The Morgan fingerprint density at radius 2 is 2.35 bits per heavy atom. The number of anilines is 2. The summed E-state index contributed by atoms with van der Waals surface area (Å²) in [5.41, 5.74) is 7.82. The summed E-state index contributed by atoms with van der Waals surface area (Å²) in [6.07, 6.45) is 0.125. The van der Waals surface area contributed by atoms with Crippen molar-refractivity contribution in [2.45, 2.75) is 20.0 Å². The van der Waals surface area contributed by atoms with Crippen molar-refractivity contribution in [3.63, 3.8) is 0 Å². The Morgan fingerprint density at radius 3 is 3.12 bits per heavy atom. The first-order chi connectivity index (χ1) is 8.19. The third-order valence-electron chi connectivity index (χ3n) is 2.40. The maximum atomic E-state index is 5.67. The van der Waals surface area contributed by atoms with Gasteiger partial charge < -0.3 is 20.2 Å². The number of hydrogen-bond acceptors (Lipinski definition) is 5. The number of rotatable bonds is 5. The van der Waals surface area contributed by atoms with E-state index in [1.54, 1.807) is 12.1 Å². The van der Waals surface area contributed by atoms with Gasteiger partial charge in [-0.15, -0.1) is 0 Å². The Morgan fingerprint density at radius 1 is 1.53 bits per heavy atom. The molecule has 0 radical (unpaired) electrons. The van der Waals surface area contributed by atoms with Crippen LogP contribution in [0.5, 0.6) is 0 Å². The SMILES string of the molecule is CCOC(C)CNc1nc2ccc(N)cc2o1. The Kier molecular flexibility index (Phi) is 3.49. The van der Waals surface area contributed by atoms with E-state index in [0.717, 1.165) is 5.52 Å². The van der Waals surface area contributed by atoms with E-state index in [1.807, 2.05) is 19.9 Å². The molecule has 1 unspecified atom stereocenters. The highest BCUT2D eigenvalue weighted by Crippen LogP contribution is 2.20. The Bertz CT molecular complexity index is 495. The average molecular weight is 235 g/mol. The van der Waals surface area contributed by atoms with Crippen LogP contribution in [-0.4, -0.2) is 24.2 Å². The van der Waals surface area contributed by atoms with Crippen LogP contribution >= 0.6 is 0 Å². The van der Waals surface area contributed by atoms with Crippen molar-refractivity contribution in [1.29, 1.82) is 0 Å². The van der Waals surface area contributed by atoms with E-state index >= 15 is 0 Å². The molecule has 0 saturated carbocycles. The van der Waals surface area contributed by atoms with Crippen molar-refractivity contribution in [2.24, 2.45) is 0 Å². The number of oxazole rings is 1. The van der Waals surface area contributed by atoms with Crippen molar-refractivity contribution in [1.82, 2.24) is 4.98 Å². The van der Waals surface area contributed by atoms with Gasteiger partial charge in [0.15, 0.2) is 5.58 Å². The quantitative estimate of drug-likeness (QED) is 0.777. The van der Waals surface area contributed by atoms with E-state index in [0.29, 0.717) is 30.4 Å². The van der Waals surface area contributed by atoms with Gasteiger partial charge in [-0.25, -0.2) is 0 Å². The monoisotopic (exact) mass is 235 g/mol. The van der Waals surface area contributed by atoms with E-state index < -0.39 is 0 Å². The molecule has 5 nitrogen and oxygen atoms in total. The zero-order valence-electron chi connectivity index (χ0n) is 10.1. The molecule has 0 amide bonds. The molecule has 0 saturated heterocycles. The van der Waals surface area contributed by atoms with Crippen LogP contribution < -0.4 is 11.1 Å². The van der Waals surface area contributed by atoms with Gasteiger partial charge in [-0.2, -0.15) is 4.98 Å². The van der Waals surface area contributed by atoms with E-state index in [2.05, 4.69) is 10.3 Å². The minimum absolute atomic E-state index is 0.125. The zero-order chi connectivity index (χ0) is 12.3. The first kappa shape index (κ1) is 11.7. The number of nitrogens with zero attached hydrogens (tertiary/aromatic N) is 1. The number of fused-ring (bicyclic) bond motifs is 1. The molecule has 0 aliphatic heterocycles. The van der Waals surface area contributed by atoms with Crippen LogP contribution in [0.2, 0.25) is 0 Å². The maximum absolute atomic E-state index is 5.67. The van der Waals surface area contributed by atoms with Gasteiger partial charge in [0.2, 0.25) is 0 Å². The van der Waals surface area contributed by atoms with Gasteiger partial charge in [0.25, 0.3) is 6.01 Å². The molecule has 5 heteroatoms. The molecule has 1 atom stereocenters. The molecule has 2 rings (SSSR count). The van der Waals surface area contributed by atoms with Gasteiger partial charge >= 0.3 is 0 Å². The van der Waals surface area contributed by atoms with Crippen molar-refractivity contribution in [3.05, 3.63) is 18.2 Å². The molecule has 1 aromatic heterocycles. The third-order valence-corrected chi connectivity index (χ3v) is 2.40. The third kappa shape index (κ3) is 2.88. The number of nitrogen functional groups attached to an aromatic ring is 1. The maximum Gasteiger partial charge on any atom is 0.295 e. The Labute approximate surface area is 100.0 Å². The van der Waals surface area contributed by atoms with E-state index in [-0.39, 0.29) is 6.10 Å². The van der Waals surface area contributed by atoms with Crippen LogP contribution in [0, 0.1) is 0 Å². The van der Waals surface area contributed by atoms with Crippen LogP contribution in [0.3, 0.4) is 0 Å². The standard InChI is InChI=1S/C12H17N3O2/c1-3-16-8(2)7-14-12-15-10-5-4-9(13)6-11(10)17-12/h4-6,8H,3,7,13H2,1-2H3,(H,14,15). The lowest BCUT2D eigenvalue weighted by molar-refractivity contribution is 0.0851. The Hall–Kier alpha value is -1.75. The van der Waals surface area contributed by atoms with Crippen molar-refractivity contribution in [2.75, 3.05) is 24.2 Å². The minimum atomic E-state index is 0.125. The minimum Gasteiger partial charge on any atom is -0.423 e. The van der Waals surface area contributed by atoms with Crippen molar-refractivity contribution < 1.29 is 9.15 Å². The second-order valence-corrected chi connectivity index (χ2v) is 3.89.